The number of nitrogens with one attached hydrogen (secondary N) is 1. The molecule has 1 aliphatic heterocycles. The van der Waals surface area contributed by atoms with Gasteiger partial charge in [0.2, 0.25) is 0 Å². The average molecular weight is 261 g/mol. The average Bonchev–Trinajstić information content (AvgIpc) is 2.22. The first-order valence-corrected chi connectivity index (χ1v) is 7.95. The first kappa shape index (κ1) is 14.3. The summed E-state index contributed by atoms with van der Waals surface area (Å²) in [7, 11) is -2.83. The Bertz CT molecular complexity index is 363. The largest absolute Gasteiger partial charge is 0.370 e. The molecular weight excluding hydrogens is 238 g/mol. The Kier molecular flexibility index (Phi) is 5.24. The van der Waals surface area contributed by atoms with Crippen LogP contribution in [0.5, 0.6) is 0 Å². The molecule has 0 bridgehead atoms. The third-order valence-corrected chi connectivity index (χ3v) is 4.65. The van der Waals surface area contributed by atoms with E-state index in [-0.39, 0.29) is 11.7 Å². The summed E-state index contributed by atoms with van der Waals surface area (Å²) in [4.78, 5) is 4.18. The number of nitrogens with zero attached hydrogens (tertiary/aromatic N) is 1. The van der Waals surface area contributed by atoms with E-state index in [0.29, 0.717) is 30.7 Å². The lowest BCUT2D eigenvalue weighted by molar-refractivity contribution is 0.478. The lowest BCUT2D eigenvalue weighted by atomic mass is 10.1. The third kappa shape index (κ3) is 5.91. The van der Waals surface area contributed by atoms with Gasteiger partial charge >= 0.3 is 0 Å². The first-order chi connectivity index (χ1) is 7.89. The Morgan fingerprint density at radius 2 is 2.24 bits per heavy atom. The molecule has 0 saturated carbocycles. The van der Waals surface area contributed by atoms with Gasteiger partial charge in [0, 0.05) is 13.1 Å². The molecule has 3 N–H and O–H groups in total. The normalized spacial score (nSPS) is 24.9. The smallest absolute Gasteiger partial charge is 0.188 e. The maximum absolute atomic E-state index is 11.4. The van der Waals surface area contributed by atoms with Crippen LogP contribution in [0.3, 0.4) is 0 Å². The van der Waals surface area contributed by atoms with Gasteiger partial charge in [-0.3, -0.25) is 4.99 Å². The van der Waals surface area contributed by atoms with Crippen LogP contribution in [0.2, 0.25) is 0 Å². The Morgan fingerprint density at radius 3 is 2.82 bits per heavy atom. The zero-order valence-electron chi connectivity index (χ0n) is 10.6. The maximum Gasteiger partial charge on any atom is 0.188 e. The molecule has 0 aliphatic carbocycles. The second-order valence-corrected chi connectivity index (χ2v) is 7.35. The van der Waals surface area contributed by atoms with Crippen molar-refractivity contribution in [1.29, 1.82) is 0 Å². The zero-order valence-corrected chi connectivity index (χ0v) is 11.5. The molecule has 1 fully saturated rings. The van der Waals surface area contributed by atoms with Gasteiger partial charge in [0.25, 0.3) is 0 Å². The van der Waals surface area contributed by atoms with E-state index in [1.165, 1.54) is 0 Å². The Morgan fingerprint density at radius 1 is 1.53 bits per heavy atom. The summed E-state index contributed by atoms with van der Waals surface area (Å²) in [6.07, 6.45) is 1.71. The fourth-order valence-corrected chi connectivity index (χ4v) is 3.64. The second-order valence-electron chi connectivity index (χ2n) is 5.12. The molecule has 6 heteroatoms. The van der Waals surface area contributed by atoms with Crippen LogP contribution in [-0.4, -0.2) is 39.0 Å². The minimum atomic E-state index is -2.83. The van der Waals surface area contributed by atoms with Crippen LogP contribution in [0, 0.1) is 11.8 Å². The number of nitrogens with two attached hydrogens (primary N) is 1. The van der Waals surface area contributed by atoms with Crippen molar-refractivity contribution >= 4 is 15.8 Å². The standard InChI is InChI=1S/C11H23N3O2S/c1-9(2)6-13-11(12)14-7-10-4-3-5-17(15,16)8-10/h9-10H,3-8H2,1-2H3,(H3,12,13,14). The van der Waals surface area contributed by atoms with Crippen LogP contribution >= 0.6 is 0 Å². The highest BCUT2D eigenvalue weighted by Crippen LogP contribution is 2.17. The molecule has 0 aromatic heterocycles. The number of aliphatic imine (C=N–C) groups is 1. The predicted octanol–water partition coefficient (Wildman–Crippen LogP) is 0.372. The molecule has 5 nitrogen and oxygen atoms in total. The summed E-state index contributed by atoms with van der Waals surface area (Å²) in [5, 5.41) is 3.01. The number of guanidine groups is 1. The van der Waals surface area contributed by atoms with E-state index in [1.807, 2.05) is 0 Å². The first-order valence-electron chi connectivity index (χ1n) is 6.13. The maximum atomic E-state index is 11.4. The molecule has 1 saturated heterocycles. The van der Waals surface area contributed by atoms with Crippen molar-refractivity contribution in [1.82, 2.24) is 5.32 Å². The van der Waals surface area contributed by atoms with Crippen LogP contribution in [0.4, 0.5) is 0 Å². The van der Waals surface area contributed by atoms with Gasteiger partial charge in [-0.15, -0.1) is 0 Å². The van der Waals surface area contributed by atoms with Gasteiger partial charge in [0.05, 0.1) is 11.5 Å². The molecule has 17 heavy (non-hydrogen) atoms. The van der Waals surface area contributed by atoms with E-state index in [1.54, 1.807) is 0 Å². The van der Waals surface area contributed by atoms with Crippen molar-refractivity contribution in [3.63, 3.8) is 0 Å². The molecule has 1 rings (SSSR count). The van der Waals surface area contributed by atoms with E-state index in [0.717, 1.165) is 12.8 Å². The lowest BCUT2D eigenvalue weighted by Crippen LogP contribution is -2.39. The van der Waals surface area contributed by atoms with E-state index in [2.05, 4.69) is 24.2 Å². The van der Waals surface area contributed by atoms with E-state index in [9.17, 15) is 8.42 Å². The van der Waals surface area contributed by atoms with Gasteiger partial charge in [-0.05, 0) is 24.7 Å². The van der Waals surface area contributed by atoms with Crippen LogP contribution in [-0.2, 0) is 9.84 Å². The highest BCUT2D eigenvalue weighted by molar-refractivity contribution is 7.91. The lowest BCUT2D eigenvalue weighted by Gasteiger charge is -2.22. The Hall–Kier alpha value is -0.780. The van der Waals surface area contributed by atoms with Crippen molar-refractivity contribution < 1.29 is 8.42 Å². The topological polar surface area (TPSA) is 84.5 Å². The van der Waals surface area contributed by atoms with Crippen molar-refractivity contribution in [3.8, 4) is 0 Å². The van der Waals surface area contributed by atoms with Crippen LogP contribution in [0.15, 0.2) is 4.99 Å². The number of sulfone groups is 1. The van der Waals surface area contributed by atoms with Crippen molar-refractivity contribution in [3.05, 3.63) is 0 Å². The van der Waals surface area contributed by atoms with Gasteiger partial charge in [-0.1, -0.05) is 13.8 Å². The summed E-state index contributed by atoms with van der Waals surface area (Å²) in [6, 6.07) is 0. The summed E-state index contributed by atoms with van der Waals surface area (Å²) in [5.74, 6) is 1.67. The quantitative estimate of drug-likeness (QED) is 0.566. The molecule has 1 unspecified atom stereocenters. The molecule has 1 atom stereocenters. The van der Waals surface area contributed by atoms with E-state index in [4.69, 9.17) is 5.73 Å². The summed E-state index contributed by atoms with van der Waals surface area (Å²) in [6.45, 7) is 5.45. The SMILES string of the molecule is CC(C)CN=C(N)NCC1CCCS(=O)(=O)C1. The molecule has 0 amide bonds. The van der Waals surface area contributed by atoms with Crippen molar-refractivity contribution in [2.45, 2.75) is 26.7 Å². The molecule has 1 aliphatic rings. The number of hydrogen-bond donors (Lipinski definition) is 2. The molecule has 0 radical (unpaired) electrons. The summed E-state index contributed by atoms with van der Waals surface area (Å²) < 4.78 is 22.9. The Labute approximate surface area is 104 Å². The van der Waals surface area contributed by atoms with Gasteiger partial charge in [0.15, 0.2) is 15.8 Å². The number of rotatable bonds is 4. The van der Waals surface area contributed by atoms with E-state index >= 15 is 0 Å². The monoisotopic (exact) mass is 261 g/mol. The predicted molar refractivity (Wildman–Crippen MR) is 70.7 cm³/mol. The highest BCUT2D eigenvalue weighted by atomic mass is 32.2. The molecule has 0 aromatic rings. The summed E-state index contributed by atoms with van der Waals surface area (Å²) >= 11 is 0. The van der Waals surface area contributed by atoms with Crippen LogP contribution in [0.1, 0.15) is 26.7 Å². The minimum absolute atomic E-state index is 0.168. The zero-order chi connectivity index (χ0) is 12.9. The second kappa shape index (κ2) is 6.23. The van der Waals surface area contributed by atoms with Gasteiger partial charge < -0.3 is 11.1 Å². The molecular formula is C11H23N3O2S. The Balaban J connectivity index is 2.33. The van der Waals surface area contributed by atoms with E-state index < -0.39 is 9.84 Å². The molecule has 0 aromatic carbocycles. The van der Waals surface area contributed by atoms with Gasteiger partial charge in [-0.2, -0.15) is 0 Å². The fraction of sp³-hybridized carbons (Fsp3) is 0.909. The molecule has 1 heterocycles. The van der Waals surface area contributed by atoms with Crippen molar-refractivity contribution in [2.75, 3.05) is 24.6 Å². The number of hydrogen-bond acceptors (Lipinski definition) is 3. The van der Waals surface area contributed by atoms with Crippen molar-refractivity contribution in [2.24, 2.45) is 22.6 Å². The molecule has 0 spiro atoms. The highest BCUT2D eigenvalue weighted by Gasteiger charge is 2.24. The minimum Gasteiger partial charge on any atom is -0.370 e. The molecule has 100 valence electrons. The van der Waals surface area contributed by atoms with Gasteiger partial charge in [0.1, 0.15) is 0 Å². The van der Waals surface area contributed by atoms with Gasteiger partial charge in [-0.25, -0.2) is 8.42 Å². The third-order valence-electron chi connectivity index (χ3n) is 2.76. The van der Waals surface area contributed by atoms with Crippen LogP contribution < -0.4 is 11.1 Å². The fourth-order valence-electron chi connectivity index (χ4n) is 1.86. The summed E-state index contributed by atoms with van der Waals surface area (Å²) in [5.41, 5.74) is 5.70. The van der Waals surface area contributed by atoms with Crippen LogP contribution in [0.25, 0.3) is 0 Å².